The van der Waals surface area contributed by atoms with Crippen LogP contribution >= 0.6 is 15.9 Å². The molecule has 84 valence electrons. The van der Waals surface area contributed by atoms with Gasteiger partial charge >= 0.3 is 0 Å². The van der Waals surface area contributed by atoms with Crippen LogP contribution in [-0.4, -0.2) is 9.78 Å². The van der Waals surface area contributed by atoms with Gasteiger partial charge in [0.1, 0.15) is 11.6 Å². The van der Waals surface area contributed by atoms with Crippen LogP contribution in [0.4, 0.5) is 14.5 Å². The van der Waals surface area contributed by atoms with Crippen LogP contribution in [0.3, 0.4) is 0 Å². The van der Waals surface area contributed by atoms with Gasteiger partial charge in [0.05, 0.1) is 22.9 Å². The van der Waals surface area contributed by atoms with Crippen LogP contribution in [0.1, 0.15) is 5.56 Å². The molecule has 0 aliphatic heterocycles. The lowest BCUT2D eigenvalue weighted by molar-refractivity contribution is 0.529. The van der Waals surface area contributed by atoms with E-state index in [2.05, 4.69) is 21.0 Å². The van der Waals surface area contributed by atoms with E-state index in [4.69, 9.17) is 5.73 Å². The molecule has 0 aliphatic rings. The first-order valence-electron chi connectivity index (χ1n) is 4.48. The summed E-state index contributed by atoms with van der Waals surface area (Å²) in [4.78, 5) is 0. The molecule has 16 heavy (non-hydrogen) atoms. The van der Waals surface area contributed by atoms with Crippen molar-refractivity contribution in [3.8, 4) is 0 Å². The number of nitrogens with two attached hydrogens (primary N) is 1. The predicted octanol–water partition coefficient (Wildman–Crippen LogP) is 2.55. The molecule has 0 spiro atoms. The van der Waals surface area contributed by atoms with Crippen molar-refractivity contribution in [1.29, 1.82) is 0 Å². The highest BCUT2D eigenvalue weighted by Crippen LogP contribution is 2.22. The van der Waals surface area contributed by atoms with Gasteiger partial charge in [-0.1, -0.05) is 0 Å². The Bertz CT molecular complexity index is 525. The van der Waals surface area contributed by atoms with Crippen molar-refractivity contribution in [2.45, 2.75) is 6.54 Å². The monoisotopic (exact) mass is 287 g/mol. The second-order valence-electron chi connectivity index (χ2n) is 3.29. The molecule has 2 N–H and O–H groups in total. The van der Waals surface area contributed by atoms with Crippen molar-refractivity contribution in [2.75, 3.05) is 5.73 Å². The highest BCUT2D eigenvalue weighted by molar-refractivity contribution is 9.10. The van der Waals surface area contributed by atoms with Crippen LogP contribution in [0.2, 0.25) is 0 Å². The van der Waals surface area contributed by atoms with E-state index in [0.717, 1.165) is 0 Å². The van der Waals surface area contributed by atoms with Crippen molar-refractivity contribution in [2.24, 2.45) is 0 Å². The molecule has 1 aromatic carbocycles. The highest BCUT2D eigenvalue weighted by atomic mass is 79.9. The minimum Gasteiger partial charge on any atom is -0.396 e. The first-order valence-corrected chi connectivity index (χ1v) is 5.27. The number of hydrogen-bond donors (Lipinski definition) is 1. The van der Waals surface area contributed by atoms with Crippen LogP contribution in [0.15, 0.2) is 29.0 Å². The third kappa shape index (κ3) is 2.06. The summed E-state index contributed by atoms with van der Waals surface area (Å²) in [6.45, 7) is 0.00824. The molecule has 0 unspecified atom stereocenters. The van der Waals surface area contributed by atoms with E-state index < -0.39 is 11.6 Å². The van der Waals surface area contributed by atoms with Gasteiger partial charge < -0.3 is 5.73 Å². The molecule has 1 aromatic heterocycles. The van der Waals surface area contributed by atoms with E-state index in [0.29, 0.717) is 5.69 Å². The van der Waals surface area contributed by atoms with Gasteiger partial charge in [0, 0.05) is 11.8 Å². The number of nitrogens with zero attached hydrogens (tertiary/aromatic N) is 2. The van der Waals surface area contributed by atoms with Crippen LogP contribution in [0.5, 0.6) is 0 Å². The summed E-state index contributed by atoms with van der Waals surface area (Å²) in [5.41, 5.74) is 5.87. The summed E-state index contributed by atoms with van der Waals surface area (Å²) < 4.78 is 28.6. The maximum atomic E-state index is 13.6. The number of hydrogen-bond acceptors (Lipinski definition) is 2. The lowest BCUT2D eigenvalue weighted by Gasteiger charge is -2.06. The van der Waals surface area contributed by atoms with Crippen molar-refractivity contribution < 1.29 is 8.78 Å². The van der Waals surface area contributed by atoms with Gasteiger partial charge in [0.2, 0.25) is 0 Å². The minimum absolute atomic E-state index is 0.00824. The minimum atomic E-state index is -0.617. The maximum absolute atomic E-state index is 13.6. The Hall–Kier alpha value is -1.43. The molecule has 0 amide bonds. The lowest BCUT2D eigenvalue weighted by Crippen LogP contribution is -2.05. The summed E-state index contributed by atoms with van der Waals surface area (Å²) in [5, 5.41) is 3.87. The molecule has 0 saturated heterocycles. The Morgan fingerprint density at radius 3 is 2.75 bits per heavy atom. The number of nitrogen functional groups attached to an aromatic ring is 1. The fraction of sp³-hybridized carbons (Fsp3) is 0.100. The Labute approximate surface area is 99.0 Å². The second kappa shape index (κ2) is 4.21. The van der Waals surface area contributed by atoms with Gasteiger partial charge in [0.15, 0.2) is 0 Å². The first kappa shape index (κ1) is 11.1. The number of aromatic nitrogens is 2. The Morgan fingerprint density at radius 2 is 2.12 bits per heavy atom. The summed E-state index contributed by atoms with van der Waals surface area (Å²) in [7, 11) is 0. The largest absolute Gasteiger partial charge is 0.396 e. The summed E-state index contributed by atoms with van der Waals surface area (Å²) in [6.07, 6.45) is 2.94. The topological polar surface area (TPSA) is 43.8 Å². The Balaban J connectivity index is 2.37. The number of rotatable bonds is 2. The normalized spacial score (nSPS) is 10.7. The van der Waals surface area contributed by atoms with Crippen molar-refractivity contribution >= 4 is 21.6 Å². The lowest BCUT2D eigenvalue weighted by atomic mass is 10.2. The standard InChI is InChI=1S/C10H8BrF2N3/c11-8-1-2-9(12)7(10(8)13)5-16-4-6(14)3-15-16/h1-4H,5,14H2. The van der Waals surface area contributed by atoms with E-state index in [-0.39, 0.29) is 16.6 Å². The predicted molar refractivity (Wildman–Crippen MR) is 59.8 cm³/mol. The average Bonchev–Trinajstić information content (AvgIpc) is 2.65. The van der Waals surface area contributed by atoms with Crippen LogP contribution in [0.25, 0.3) is 0 Å². The first-order chi connectivity index (χ1) is 7.58. The molecule has 0 aliphatic carbocycles. The fourth-order valence-corrected chi connectivity index (χ4v) is 1.71. The maximum Gasteiger partial charge on any atom is 0.145 e. The van der Waals surface area contributed by atoms with Crippen LogP contribution in [-0.2, 0) is 6.54 Å². The number of halogens is 3. The van der Waals surface area contributed by atoms with E-state index in [1.165, 1.54) is 29.2 Å². The summed E-state index contributed by atoms with van der Waals surface area (Å²) in [5.74, 6) is -1.22. The van der Waals surface area contributed by atoms with Gasteiger partial charge in [-0.2, -0.15) is 5.10 Å². The number of anilines is 1. The van der Waals surface area contributed by atoms with Crippen molar-refractivity contribution in [3.05, 3.63) is 46.2 Å². The van der Waals surface area contributed by atoms with Crippen molar-refractivity contribution in [3.63, 3.8) is 0 Å². The van der Waals surface area contributed by atoms with E-state index in [1.54, 1.807) is 0 Å². The molecule has 0 saturated carbocycles. The summed E-state index contributed by atoms with van der Waals surface area (Å²) >= 11 is 3.00. The number of benzene rings is 1. The quantitative estimate of drug-likeness (QED) is 0.863. The third-order valence-electron chi connectivity index (χ3n) is 2.11. The van der Waals surface area contributed by atoms with Gasteiger partial charge in [-0.25, -0.2) is 8.78 Å². The van der Waals surface area contributed by atoms with Gasteiger partial charge in [-0.05, 0) is 28.1 Å². The fourth-order valence-electron chi connectivity index (χ4n) is 1.34. The van der Waals surface area contributed by atoms with Crippen LogP contribution in [0, 0.1) is 11.6 Å². The molecule has 1 heterocycles. The molecule has 0 fully saturated rings. The van der Waals surface area contributed by atoms with E-state index in [1.807, 2.05) is 0 Å². The second-order valence-corrected chi connectivity index (χ2v) is 4.15. The molecule has 0 atom stereocenters. The zero-order valence-corrected chi connectivity index (χ0v) is 9.71. The molecule has 6 heteroatoms. The summed E-state index contributed by atoms with van der Waals surface area (Å²) in [6, 6.07) is 2.53. The van der Waals surface area contributed by atoms with Gasteiger partial charge in [-0.15, -0.1) is 0 Å². The molecule has 3 nitrogen and oxygen atoms in total. The molecule has 2 aromatic rings. The molecule has 2 rings (SSSR count). The zero-order valence-electron chi connectivity index (χ0n) is 8.12. The molecule has 0 radical (unpaired) electrons. The Morgan fingerprint density at radius 1 is 1.38 bits per heavy atom. The van der Waals surface area contributed by atoms with Crippen LogP contribution < -0.4 is 5.73 Å². The van der Waals surface area contributed by atoms with Crippen molar-refractivity contribution in [1.82, 2.24) is 9.78 Å². The molecular formula is C10H8BrF2N3. The average molecular weight is 288 g/mol. The van der Waals surface area contributed by atoms with E-state index in [9.17, 15) is 8.78 Å². The van der Waals surface area contributed by atoms with Gasteiger partial charge in [0.25, 0.3) is 0 Å². The smallest absolute Gasteiger partial charge is 0.145 e. The SMILES string of the molecule is Nc1cnn(Cc2c(F)ccc(Br)c2F)c1. The van der Waals surface area contributed by atoms with E-state index >= 15 is 0 Å². The third-order valence-corrected chi connectivity index (χ3v) is 2.72. The molecular weight excluding hydrogens is 280 g/mol. The Kier molecular flexibility index (Phi) is 2.91. The highest BCUT2D eigenvalue weighted by Gasteiger charge is 2.13. The molecule has 0 bridgehead atoms. The van der Waals surface area contributed by atoms with Gasteiger partial charge in [-0.3, -0.25) is 4.68 Å². The zero-order chi connectivity index (χ0) is 11.7.